The van der Waals surface area contributed by atoms with Crippen molar-refractivity contribution in [2.24, 2.45) is 0 Å². The Hall–Kier alpha value is -6.92. The van der Waals surface area contributed by atoms with E-state index < -0.39 is 0 Å². The molecule has 0 fully saturated rings. The molecule has 0 aliphatic rings. The number of hydrogen-bond donors (Lipinski definition) is 0. The summed E-state index contributed by atoms with van der Waals surface area (Å²) in [5, 5.41) is 10.0. The topological polar surface area (TPSA) is 49.8 Å². The number of aromatic nitrogens is 5. The van der Waals surface area contributed by atoms with Crippen LogP contribution in [0.1, 0.15) is 75.9 Å². The maximum absolute atomic E-state index is 6.73. The van der Waals surface area contributed by atoms with Crippen LogP contribution in [0.2, 0.25) is 0 Å². The summed E-state index contributed by atoms with van der Waals surface area (Å²) in [4.78, 5) is 5.08. The van der Waals surface area contributed by atoms with Gasteiger partial charge in [-0.05, 0) is 77.8 Å². The highest BCUT2D eigenvalue weighted by Crippen LogP contribution is 2.41. The number of pyridine rings is 1. The van der Waals surface area contributed by atoms with Gasteiger partial charge in [0.1, 0.15) is 17.3 Å². The van der Waals surface area contributed by atoms with E-state index in [0.717, 1.165) is 63.6 Å². The molecule has 0 bridgehead atoms. The molecular formula is C54H49N5O. The number of hydrogen-bond acceptors (Lipinski definition) is 3. The summed E-state index contributed by atoms with van der Waals surface area (Å²) in [6.07, 6.45) is 3.66. The molecule has 0 saturated heterocycles. The number of ether oxygens (including phenoxy) is 1. The van der Waals surface area contributed by atoms with Crippen LogP contribution in [0, 0.1) is 0 Å². The molecular weight excluding hydrogens is 735 g/mol. The van der Waals surface area contributed by atoms with E-state index >= 15 is 0 Å². The fraction of sp³-hybridized carbons (Fsp3) is 0.185. The van der Waals surface area contributed by atoms with E-state index in [1.165, 1.54) is 55.1 Å². The fourth-order valence-corrected chi connectivity index (χ4v) is 9.33. The van der Waals surface area contributed by atoms with E-state index in [1.54, 1.807) is 0 Å². The van der Waals surface area contributed by atoms with Crippen LogP contribution in [0.3, 0.4) is 0 Å². The maximum atomic E-state index is 6.73. The molecule has 0 aliphatic carbocycles. The van der Waals surface area contributed by atoms with Gasteiger partial charge in [-0.25, -0.2) is 9.67 Å². The van der Waals surface area contributed by atoms with Crippen LogP contribution >= 0.6 is 0 Å². The van der Waals surface area contributed by atoms with E-state index in [0.29, 0.717) is 11.8 Å². The van der Waals surface area contributed by atoms with Crippen molar-refractivity contribution >= 4 is 43.6 Å². The zero-order valence-electron chi connectivity index (χ0n) is 35.1. The molecule has 60 heavy (non-hydrogen) atoms. The maximum Gasteiger partial charge on any atom is 0.139 e. The Labute approximate surface area is 351 Å². The number of benzene rings is 6. The van der Waals surface area contributed by atoms with Crippen LogP contribution in [0.25, 0.3) is 71.9 Å². The van der Waals surface area contributed by atoms with Crippen LogP contribution in [0.5, 0.6) is 11.5 Å². The van der Waals surface area contributed by atoms with Gasteiger partial charge >= 0.3 is 0 Å². The predicted octanol–water partition coefficient (Wildman–Crippen LogP) is 14.3. The Balaban J connectivity index is 1.10. The lowest BCUT2D eigenvalue weighted by atomic mass is 9.98. The zero-order chi connectivity index (χ0) is 41.1. The summed E-state index contributed by atoms with van der Waals surface area (Å²) in [5.41, 5.74) is 14.1. The van der Waals surface area contributed by atoms with Gasteiger partial charge < -0.3 is 9.30 Å². The first-order valence-electron chi connectivity index (χ1n) is 21.3. The van der Waals surface area contributed by atoms with Gasteiger partial charge in [-0.1, -0.05) is 133 Å². The van der Waals surface area contributed by atoms with Crippen LogP contribution in [-0.2, 0) is 12.8 Å². The standard InChI is InChI=1S/C54H49N5O/c1-7-47-52(36-17-10-9-11-18-36)48(8-2)59(56-47)38-19-14-20-39(31-38)60-40-27-28-44-43-21-12-13-26-49(43)58(50(44)33-40)51-32-37(29-30-55-51)57-53-41(34(3)4)22-15-24-45(53)46-25-16-23-42(35(5)6)54(46)57/h9-35H,7-8H2,1-6H3. The molecule has 0 atom stereocenters. The van der Waals surface area contributed by atoms with Crippen molar-refractivity contribution in [1.82, 2.24) is 23.9 Å². The van der Waals surface area contributed by atoms with Gasteiger partial charge in [0.15, 0.2) is 0 Å². The predicted molar refractivity (Wildman–Crippen MR) is 249 cm³/mol. The van der Waals surface area contributed by atoms with E-state index in [9.17, 15) is 0 Å². The minimum atomic E-state index is 0.353. The third-order valence-corrected chi connectivity index (χ3v) is 12.1. The molecule has 0 unspecified atom stereocenters. The Kier molecular flexibility index (Phi) is 9.36. The largest absolute Gasteiger partial charge is 0.457 e. The van der Waals surface area contributed by atoms with Gasteiger partial charge in [-0.15, -0.1) is 0 Å². The van der Waals surface area contributed by atoms with E-state index in [4.69, 9.17) is 14.8 Å². The van der Waals surface area contributed by atoms with Gasteiger partial charge in [-0.3, -0.25) is 4.57 Å². The van der Waals surface area contributed by atoms with Crippen molar-refractivity contribution in [1.29, 1.82) is 0 Å². The Morgan fingerprint density at radius 2 is 1.18 bits per heavy atom. The second-order valence-corrected chi connectivity index (χ2v) is 16.4. The number of fused-ring (bicyclic) bond motifs is 6. The van der Waals surface area contributed by atoms with E-state index in [1.807, 2.05) is 12.3 Å². The number of rotatable bonds is 10. The van der Waals surface area contributed by atoms with Crippen molar-refractivity contribution in [3.05, 3.63) is 174 Å². The molecule has 10 aromatic rings. The van der Waals surface area contributed by atoms with Crippen molar-refractivity contribution in [3.8, 4) is 39.8 Å². The number of nitrogens with zero attached hydrogens (tertiary/aromatic N) is 5. The first kappa shape index (κ1) is 37.4. The van der Waals surface area contributed by atoms with Gasteiger partial charge in [0, 0.05) is 51.5 Å². The van der Waals surface area contributed by atoms with Crippen LogP contribution in [0.15, 0.2) is 152 Å². The fourth-order valence-electron chi connectivity index (χ4n) is 9.33. The SMILES string of the molecule is CCc1nn(-c2cccc(Oc3ccc4c5ccccc5n(-c5cc(-n6c7c(C(C)C)cccc7c7cccc(C(C)C)c76)ccn5)c4c3)c2)c(CC)c1-c1ccccc1. The van der Waals surface area contributed by atoms with E-state index in [-0.39, 0.29) is 0 Å². The molecule has 4 aromatic heterocycles. The molecule has 0 saturated carbocycles. The monoisotopic (exact) mass is 783 g/mol. The minimum Gasteiger partial charge on any atom is -0.457 e. The van der Waals surface area contributed by atoms with Crippen molar-refractivity contribution in [3.63, 3.8) is 0 Å². The molecule has 0 spiro atoms. The Morgan fingerprint density at radius 3 is 1.88 bits per heavy atom. The van der Waals surface area contributed by atoms with Crippen molar-refractivity contribution in [2.45, 2.75) is 66.2 Å². The molecule has 10 rings (SSSR count). The van der Waals surface area contributed by atoms with Gasteiger partial charge in [-0.2, -0.15) is 5.10 Å². The second kappa shape index (κ2) is 15.0. The summed E-state index contributed by atoms with van der Waals surface area (Å²) in [5.74, 6) is 3.06. The lowest BCUT2D eigenvalue weighted by Gasteiger charge is -2.17. The first-order valence-corrected chi connectivity index (χ1v) is 21.3. The Morgan fingerprint density at radius 1 is 0.533 bits per heavy atom. The third-order valence-electron chi connectivity index (χ3n) is 12.1. The highest BCUT2D eigenvalue weighted by molar-refractivity contribution is 6.12. The van der Waals surface area contributed by atoms with Crippen LogP contribution in [0.4, 0.5) is 0 Å². The second-order valence-electron chi connectivity index (χ2n) is 16.4. The summed E-state index contributed by atoms with van der Waals surface area (Å²) in [6.45, 7) is 13.5. The molecule has 0 radical (unpaired) electrons. The normalized spacial score (nSPS) is 11.9. The highest BCUT2D eigenvalue weighted by Gasteiger charge is 2.22. The quantitative estimate of drug-likeness (QED) is 0.139. The minimum absolute atomic E-state index is 0.353. The lowest BCUT2D eigenvalue weighted by molar-refractivity contribution is 0.482. The smallest absolute Gasteiger partial charge is 0.139 e. The molecule has 296 valence electrons. The van der Waals surface area contributed by atoms with Crippen LogP contribution < -0.4 is 4.74 Å². The molecule has 0 N–H and O–H groups in total. The average molecular weight is 784 g/mol. The van der Waals surface area contributed by atoms with Gasteiger partial charge in [0.25, 0.3) is 0 Å². The average Bonchev–Trinajstić information content (AvgIpc) is 3.94. The molecule has 4 heterocycles. The lowest BCUT2D eigenvalue weighted by Crippen LogP contribution is -2.04. The Bertz CT molecular complexity index is 3150. The summed E-state index contributed by atoms with van der Waals surface area (Å²) in [7, 11) is 0. The molecule has 6 aromatic carbocycles. The number of para-hydroxylation sites is 3. The first-order chi connectivity index (χ1) is 29.3. The molecule has 6 heteroatoms. The molecule has 0 aliphatic heterocycles. The summed E-state index contributed by atoms with van der Waals surface area (Å²) in [6, 6.07) is 51.8. The van der Waals surface area contributed by atoms with Gasteiger partial charge in [0.05, 0.1) is 44.8 Å². The molecule has 0 amide bonds. The zero-order valence-corrected chi connectivity index (χ0v) is 35.1. The molecule has 6 nitrogen and oxygen atoms in total. The number of aryl methyl sites for hydroxylation is 1. The summed E-state index contributed by atoms with van der Waals surface area (Å²) >= 11 is 0. The highest BCUT2D eigenvalue weighted by atomic mass is 16.5. The van der Waals surface area contributed by atoms with Crippen molar-refractivity contribution < 1.29 is 4.74 Å². The van der Waals surface area contributed by atoms with Crippen molar-refractivity contribution in [2.75, 3.05) is 0 Å². The third kappa shape index (κ3) is 6.09. The van der Waals surface area contributed by atoms with Gasteiger partial charge in [0.2, 0.25) is 0 Å². The summed E-state index contributed by atoms with van der Waals surface area (Å²) < 4.78 is 13.6. The van der Waals surface area contributed by atoms with Crippen LogP contribution in [-0.4, -0.2) is 23.9 Å². The van der Waals surface area contributed by atoms with E-state index in [2.05, 4.69) is 195 Å².